The zero-order valence-corrected chi connectivity index (χ0v) is 13.5. The van der Waals surface area contributed by atoms with Gasteiger partial charge in [0.05, 0.1) is 40.9 Å². The Kier molecular flexibility index (Phi) is 4.89. The molecule has 0 atom stereocenters. The van der Waals surface area contributed by atoms with Gasteiger partial charge in [0.1, 0.15) is 0 Å². The molecule has 1 N–H and O–H groups in total. The summed E-state index contributed by atoms with van der Waals surface area (Å²) in [7, 11) is 5.48. The van der Waals surface area contributed by atoms with Crippen LogP contribution in [0.15, 0.2) is 18.2 Å². The van der Waals surface area contributed by atoms with Gasteiger partial charge in [-0.2, -0.15) is 10.2 Å². The maximum atomic E-state index is 8.83. The van der Waals surface area contributed by atoms with Crippen molar-refractivity contribution in [1.82, 2.24) is 4.98 Å². The molecule has 0 aliphatic carbocycles. The van der Waals surface area contributed by atoms with Gasteiger partial charge in [-0.25, -0.2) is 0 Å². The number of hydrogen-bond donors (Lipinski definition) is 1. The number of benzene rings is 1. The molecule has 1 heterocycles. The Morgan fingerprint density at radius 1 is 1.48 bits per heavy atom. The molecule has 0 aliphatic heterocycles. The first-order chi connectivity index (χ1) is 10.0. The number of nitrogens with one attached hydrogen (secondary N) is 1. The van der Waals surface area contributed by atoms with E-state index in [1.54, 1.807) is 36.6 Å². The van der Waals surface area contributed by atoms with Gasteiger partial charge in [-0.05, 0) is 18.2 Å². The Bertz CT molecular complexity index is 678. The van der Waals surface area contributed by atoms with Crippen LogP contribution in [-0.4, -0.2) is 26.2 Å². The van der Waals surface area contributed by atoms with Gasteiger partial charge in [0.25, 0.3) is 0 Å². The molecule has 2 rings (SSSR count). The SMILES string of the molecule is COc1nc(N(C)C)sc1CNc1ccc(C#N)cc1Cl. The van der Waals surface area contributed by atoms with Crippen molar-refractivity contribution < 1.29 is 4.74 Å². The number of anilines is 2. The lowest BCUT2D eigenvalue weighted by atomic mass is 10.2. The molecule has 0 spiro atoms. The van der Waals surface area contributed by atoms with Gasteiger partial charge in [0.2, 0.25) is 5.88 Å². The molecule has 7 heteroatoms. The molecule has 0 fully saturated rings. The fraction of sp³-hybridized carbons (Fsp3) is 0.286. The number of aromatic nitrogens is 1. The Balaban J connectivity index is 2.14. The summed E-state index contributed by atoms with van der Waals surface area (Å²) in [4.78, 5) is 7.32. The summed E-state index contributed by atoms with van der Waals surface area (Å²) in [5.41, 5.74) is 1.31. The van der Waals surface area contributed by atoms with Gasteiger partial charge in [0.15, 0.2) is 5.13 Å². The second-order valence-electron chi connectivity index (χ2n) is 4.48. The van der Waals surface area contributed by atoms with Crippen LogP contribution in [0.1, 0.15) is 10.4 Å². The van der Waals surface area contributed by atoms with E-state index < -0.39 is 0 Å². The van der Waals surface area contributed by atoms with Gasteiger partial charge >= 0.3 is 0 Å². The third-order valence-corrected chi connectivity index (χ3v) is 4.28. The van der Waals surface area contributed by atoms with Crippen molar-refractivity contribution >= 4 is 33.8 Å². The van der Waals surface area contributed by atoms with Crippen LogP contribution < -0.4 is 15.0 Å². The van der Waals surface area contributed by atoms with Crippen molar-refractivity contribution in [1.29, 1.82) is 5.26 Å². The minimum absolute atomic E-state index is 0.519. The summed E-state index contributed by atoms with van der Waals surface area (Å²) in [6, 6.07) is 7.21. The number of halogens is 1. The summed E-state index contributed by atoms with van der Waals surface area (Å²) in [6.45, 7) is 0.556. The van der Waals surface area contributed by atoms with E-state index in [2.05, 4.69) is 16.4 Å². The molecule has 0 unspecified atom stereocenters. The van der Waals surface area contributed by atoms with Crippen LogP contribution in [0, 0.1) is 11.3 Å². The molecule has 1 aromatic heterocycles. The van der Waals surface area contributed by atoms with Gasteiger partial charge in [-0.1, -0.05) is 22.9 Å². The Hall–Kier alpha value is -1.97. The standard InChI is InChI=1S/C14H15ClN4OS/c1-19(2)14-18-13(20-3)12(21-14)8-17-11-5-4-9(7-16)6-10(11)15/h4-6,17H,8H2,1-3H3. The maximum absolute atomic E-state index is 8.83. The largest absolute Gasteiger partial charge is 0.480 e. The van der Waals surface area contributed by atoms with E-state index in [1.165, 1.54) is 0 Å². The third-order valence-electron chi connectivity index (χ3n) is 2.76. The molecule has 0 saturated heterocycles. The second-order valence-corrected chi connectivity index (χ2v) is 5.95. The molecule has 0 aliphatic rings. The summed E-state index contributed by atoms with van der Waals surface area (Å²) < 4.78 is 5.29. The van der Waals surface area contributed by atoms with Crippen molar-refractivity contribution in [2.24, 2.45) is 0 Å². The zero-order chi connectivity index (χ0) is 15.4. The van der Waals surface area contributed by atoms with Crippen LogP contribution in [0.5, 0.6) is 5.88 Å². The first-order valence-corrected chi connectivity index (χ1v) is 7.39. The molecule has 0 radical (unpaired) electrons. The monoisotopic (exact) mass is 322 g/mol. The van der Waals surface area contributed by atoms with E-state index in [9.17, 15) is 0 Å². The molecule has 21 heavy (non-hydrogen) atoms. The lowest BCUT2D eigenvalue weighted by Crippen LogP contribution is -2.07. The van der Waals surface area contributed by atoms with E-state index in [0.29, 0.717) is 23.0 Å². The van der Waals surface area contributed by atoms with E-state index in [0.717, 1.165) is 15.7 Å². The average Bonchev–Trinajstić information content (AvgIpc) is 2.89. The van der Waals surface area contributed by atoms with Gasteiger partial charge < -0.3 is 15.0 Å². The van der Waals surface area contributed by atoms with Crippen LogP contribution in [0.2, 0.25) is 5.02 Å². The van der Waals surface area contributed by atoms with Crippen molar-refractivity contribution in [2.75, 3.05) is 31.4 Å². The number of methoxy groups -OCH3 is 1. The summed E-state index contributed by atoms with van der Waals surface area (Å²) in [5.74, 6) is 0.612. The highest BCUT2D eigenvalue weighted by Gasteiger charge is 2.13. The molecular formula is C14H15ClN4OS. The normalized spacial score (nSPS) is 10.0. The number of nitriles is 1. The summed E-state index contributed by atoms with van der Waals surface area (Å²) in [5, 5.41) is 13.5. The third kappa shape index (κ3) is 3.57. The van der Waals surface area contributed by atoms with E-state index >= 15 is 0 Å². The Labute approximate surface area is 132 Å². The highest BCUT2D eigenvalue weighted by molar-refractivity contribution is 7.15. The van der Waals surface area contributed by atoms with E-state index in [-0.39, 0.29) is 0 Å². The number of nitrogens with zero attached hydrogens (tertiary/aromatic N) is 3. The van der Waals surface area contributed by atoms with Gasteiger partial charge in [-0.15, -0.1) is 0 Å². The van der Waals surface area contributed by atoms with Crippen molar-refractivity contribution in [3.63, 3.8) is 0 Å². The summed E-state index contributed by atoms with van der Waals surface area (Å²) in [6.07, 6.45) is 0. The molecule has 1 aromatic carbocycles. The minimum atomic E-state index is 0.519. The van der Waals surface area contributed by atoms with Crippen molar-refractivity contribution in [3.8, 4) is 11.9 Å². The topological polar surface area (TPSA) is 61.2 Å². The number of ether oxygens (including phenoxy) is 1. The molecule has 110 valence electrons. The first kappa shape index (κ1) is 15.4. The van der Waals surface area contributed by atoms with Crippen LogP contribution in [0.4, 0.5) is 10.8 Å². The smallest absolute Gasteiger partial charge is 0.231 e. The van der Waals surface area contributed by atoms with Crippen LogP contribution in [-0.2, 0) is 6.54 Å². The first-order valence-electron chi connectivity index (χ1n) is 6.19. The quantitative estimate of drug-likeness (QED) is 0.914. The van der Waals surface area contributed by atoms with Gasteiger partial charge in [0, 0.05) is 14.1 Å². The predicted octanol–water partition coefficient (Wildman–Crippen LogP) is 3.35. The van der Waals surface area contributed by atoms with Crippen LogP contribution in [0.25, 0.3) is 0 Å². The van der Waals surface area contributed by atoms with Crippen molar-refractivity contribution in [2.45, 2.75) is 6.54 Å². The fourth-order valence-electron chi connectivity index (χ4n) is 1.69. The molecule has 0 amide bonds. The highest BCUT2D eigenvalue weighted by atomic mass is 35.5. The molecular weight excluding hydrogens is 308 g/mol. The Morgan fingerprint density at radius 3 is 2.81 bits per heavy atom. The fourth-order valence-corrected chi connectivity index (χ4v) is 2.83. The van der Waals surface area contributed by atoms with Gasteiger partial charge in [-0.3, -0.25) is 0 Å². The molecule has 5 nitrogen and oxygen atoms in total. The highest BCUT2D eigenvalue weighted by Crippen LogP contribution is 2.32. The van der Waals surface area contributed by atoms with E-state index in [1.807, 2.05) is 19.0 Å². The lowest BCUT2D eigenvalue weighted by molar-refractivity contribution is 0.397. The number of thiazole rings is 1. The minimum Gasteiger partial charge on any atom is -0.480 e. The summed E-state index contributed by atoms with van der Waals surface area (Å²) >= 11 is 7.70. The zero-order valence-electron chi connectivity index (χ0n) is 12.0. The van der Waals surface area contributed by atoms with E-state index in [4.69, 9.17) is 21.6 Å². The van der Waals surface area contributed by atoms with Crippen LogP contribution in [0.3, 0.4) is 0 Å². The predicted molar refractivity (Wildman–Crippen MR) is 86.5 cm³/mol. The second kappa shape index (κ2) is 6.66. The Morgan fingerprint density at radius 2 is 2.24 bits per heavy atom. The van der Waals surface area contributed by atoms with Crippen molar-refractivity contribution in [3.05, 3.63) is 33.7 Å². The average molecular weight is 323 g/mol. The molecule has 2 aromatic rings. The molecule has 0 bridgehead atoms. The number of rotatable bonds is 5. The maximum Gasteiger partial charge on any atom is 0.231 e. The lowest BCUT2D eigenvalue weighted by Gasteiger charge is -2.08. The number of hydrogen-bond acceptors (Lipinski definition) is 6. The molecule has 0 saturated carbocycles. The van der Waals surface area contributed by atoms with Crippen LogP contribution >= 0.6 is 22.9 Å².